The lowest BCUT2D eigenvalue weighted by Gasteiger charge is -2.20. The predicted octanol–water partition coefficient (Wildman–Crippen LogP) is 1.80. The first kappa shape index (κ1) is 20.6. The summed E-state index contributed by atoms with van der Waals surface area (Å²) in [6.45, 7) is 2.39. The fourth-order valence-electron chi connectivity index (χ4n) is 2.37. The summed E-state index contributed by atoms with van der Waals surface area (Å²) in [5.41, 5.74) is 1.16. The first-order valence-electron chi connectivity index (χ1n) is 8.39. The van der Waals surface area contributed by atoms with Crippen molar-refractivity contribution in [3.8, 4) is 0 Å². The summed E-state index contributed by atoms with van der Waals surface area (Å²) in [6, 6.07) is 14.8. The van der Waals surface area contributed by atoms with Gasteiger partial charge in [-0.15, -0.1) is 0 Å². The molecule has 0 fully saturated rings. The molecule has 7 nitrogen and oxygen atoms in total. The Morgan fingerprint density at radius 3 is 2.22 bits per heavy atom. The van der Waals surface area contributed by atoms with Gasteiger partial charge in [0.2, 0.25) is 10.0 Å². The van der Waals surface area contributed by atoms with E-state index in [2.05, 4.69) is 4.72 Å². The average molecular weight is 390 g/mol. The van der Waals surface area contributed by atoms with Crippen molar-refractivity contribution >= 4 is 21.9 Å². The fraction of sp³-hybridized carbons (Fsp3) is 0.263. The Balaban J connectivity index is 1.94. The van der Waals surface area contributed by atoms with Crippen molar-refractivity contribution in [1.29, 1.82) is 0 Å². The fourth-order valence-corrected chi connectivity index (χ4v) is 3.10. The average Bonchev–Trinajstić information content (AvgIpc) is 2.70. The molecule has 1 N–H and O–H groups in total. The van der Waals surface area contributed by atoms with Crippen LogP contribution in [0.15, 0.2) is 59.5 Å². The van der Waals surface area contributed by atoms with E-state index in [1.807, 2.05) is 37.3 Å². The van der Waals surface area contributed by atoms with Crippen molar-refractivity contribution in [2.45, 2.75) is 18.4 Å². The zero-order valence-electron chi connectivity index (χ0n) is 15.2. The maximum absolute atomic E-state index is 12.3. The number of ether oxygens (including phenoxy) is 1. The number of nitrogens with zero attached hydrogens (tertiary/aromatic N) is 1. The number of rotatable bonds is 8. The number of amides is 1. The van der Waals surface area contributed by atoms with Crippen LogP contribution in [0, 0.1) is 0 Å². The van der Waals surface area contributed by atoms with Crippen molar-refractivity contribution in [3.05, 3.63) is 65.7 Å². The topological polar surface area (TPSA) is 92.8 Å². The Hall–Kier alpha value is -2.71. The van der Waals surface area contributed by atoms with Gasteiger partial charge in [-0.25, -0.2) is 17.9 Å². The molecule has 0 saturated carbocycles. The zero-order valence-corrected chi connectivity index (χ0v) is 16.0. The molecule has 1 amide bonds. The molecular weight excluding hydrogens is 368 g/mol. The first-order valence-corrected chi connectivity index (χ1v) is 9.88. The van der Waals surface area contributed by atoms with Gasteiger partial charge in [0.1, 0.15) is 0 Å². The van der Waals surface area contributed by atoms with Crippen molar-refractivity contribution < 1.29 is 22.7 Å². The Morgan fingerprint density at radius 1 is 1.04 bits per heavy atom. The molecule has 0 bridgehead atoms. The number of hydrogen-bond donors (Lipinski definition) is 1. The van der Waals surface area contributed by atoms with E-state index in [-0.39, 0.29) is 23.0 Å². The second-order valence-electron chi connectivity index (χ2n) is 5.70. The van der Waals surface area contributed by atoms with Crippen LogP contribution in [0.1, 0.15) is 22.8 Å². The second kappa shape index (κ2) is 9.29. The van der Waals surface area contributed by atoms with Crippen LogP contribution in [-0.2, 0) is 26.1 Å². The molecule has 0 aliphatic rings. The maximum Gasteiger partial charge on any atom is 0.338 e. The molecule has 2 aromatic carbocycles. The number of likely N-dealkylation sites (N-methyl/N-ethyl adjacent to an activating group) is 1. The molecule has 0 atom stereocenters. The molecule has 0 unspecified atom stereocenters. The highest BCUT2D eigenvalue weighted by atomic mass is 32.2. The smallest absolute Gasteiger partial charge is 0.338 e. The van der Waals surface area contributed by atoms with E-state index < -0.39 is 16.0 Å². The SMILES string of the molecule is CCN(Cc1ccccc1)C(=O)COC(=O)c1ccc(S(=O)(=O)NC)cc1. The summed E-state index contributed by atoms with van der Waals surface area (Å²) in [5, 5.41) is 0. The van der Waals surface area contributed by atoms with Crippen molar-refractivity contribution in [2.75, 3.05) is 20.2 Å². The van der Waals surface area contributed by atoms with Crippen LogP contribution >= 0.6 is 0 Å². The van der Waals surface area contributed by atoms with Crippen LogP contribution < -0.4 is 4.72 Å². The standard InChI is InChI=1S/C19H22N2O5S/c1-3-21(13-15-7-5-4-6-8-15)18(22)14-26-19(23)16-9-11-17(12-10-16)27(24,25)20-2/h4-12,20H,3,13-14H2,1-2H3. The van der Waals surface area contributed by atoms with E-state index in [9.17, 15) is 18.0 Å². The third-order valence-electron chi connectivity index (χ3n) is 3.95. The monoisotopic (exact) mass is 390 g/mol. The minimum Gasteiger partial charge on any atom is -0.452 e. The molecule has 144 valence electrons. The van der Waals surface area contributed by atoms with Gasteiger partial charge in [0.15, 0.2) is 6.61 Å². The molecule has 0 radical (unpaired) electrons. The lowest BCUT2D eigenvalue weighted by Crippen LogP contribution is -2.34. The molecular formula is C19H22N2O5S. The third-order valence-corrected chi connectivity index (χ3v) is 5.38. The predicted molar refractivity (Wildman–Crippen MR) is 101 cm³/mol. The molecule has 0 saturated heterocycles. The number of benzene rings is 2. The number of carbonyl (C=O) groups excluding carboxylic acids is 2. The van der Waals surface area contributed by atoms with Gasteiger partial charge in [-0.2, -0.15) is 0 Å². The number of esters is 1. The van der Waals surface area contributed by atoms with E-state index >= 15 is 0 Å². The third kappa shape index (κ3) is 5.63. The van der Waals surface area contributed by atoms with Crippen molar-refractivity contribution in [1.82, 2.24) is 9.62 Å². The first-order chi connectivity index (χ1) is 12.9. The van der Waals surface area contributed by atoms with Gasteiger partial charge in [-0.3, -0.25) is 4.79 Å². The van der Waals surface area contributed by atoms with Crippen LogP contribution in [0.3, 0.4) is 0 Å². The molecule has 2 rings (SSSR count). The summed E-state index contributed by atoms with van der Waals surface area (Å²) in [6.07, 6.45) is 0. The highest BCUT2D eigenvalue weighted by Gasteiger charge is 2.17. The second-order valence-corrected chi connectivity index (χ2v) is 7.59. The quantitative estimate of drug-likeness (QED) is 0.694. The van der Waals surface area contributed by atoms with Gasteiger partial charge < -0.3 is 9.64 Å². The molecule has 0 heterocycles. The van der Waals surface area contributed by atoms with Crippen LogP contribution in [0.5, 0.6) is 0 Å². The van der Waals surface area contributed by atoms with Crippen LogP contribution in [0.25, 0.3) is 0 Å². The van der Waals surface area contributed by atoms with E-state index in [1.165, 1.54) is 31.3 Å². The Bertz CT molecular complexity index is 880. The Morgan fingerprint density at radius 2 is 1.67 bits per heavy atom. The highest BCUT2D eigenvalue weighted by Crippen LogP contribution is 2.11. The number of sulfonamides is 1. The summed E-state index contributed by atoms with van der Waals surface area (Å²) in [4.78, 5) is 26.0. The van der Waals surface area contributed by atoms with Crippen LogP contribution in [-0.4, -0.2) is 45.4 Å². The molecule has 0 aliphatic heterocycles. The van der Waals surface area contributed by atoms with Gasteiger partial charge in [0, 0.05) is 13.1 Å². The summed E-state index contributed by atoms with van der Waals surface area (Å²) >= 11 is 0. The van der Waals surface area contributed by atoms with Gasteiger partial charge in [-0.05, 0) is 43.8 Å². The van der Waals surface area contributed by atoms with Gasteiger partial charge in [0.25, 0.3) is 5.91 Å². The van der Waals surface area contributed by atoms with E-state index in [0.717, 1.165) is 5.56 Å². The number of hydrogen-bond acceptors (Lipinski definition) is 5. The highest BCUT2D eigenvalue weighted by molar-refractivity contribution is 7.89. The minimum absolute atomic E-state index is 0.0395. The van der Waals surface area contributed by atoms with Gasteiger partial charge in [0.05, 0.1) is 10.5 Å². The van der Waals surface area contributed by atoms with E-state index in [0.29, 0.717) is 13.1 Å². The lowest BCUT2D eigenvalue weighted by atomic mass is 10.2. The van der Waals surface area contributed by atoms with Crippen LogP contribution in [0.2, 0.25) is 0 Å². The maximum atomic E-state index is 12.3. The minimum atomic E-state index is -3.57. The molecule has 8 heteroatoms. The van der Waals surface area contributed by atoms with E-state index in [4.69, 9.17) is 4.74 Å². The van der Waals surface area contributed by atoms with Crippen molar-refractivity contribution in [2.24, 2.45) is 0 Å². The molecule has 0 spiro atoms. The zero-order chi connectivity index (χ0) is 19.9. The summed E-state index contributed by atoms with van der Waals surface area (Å²) in [5.74, 6) is -0.989. The Labute approximate surface area is 159 Å². The molecule has 27 heavy (non-hydrogen) atoms. The Kier molecular flexibility index (Phi) is 7.09. The summed E-state index contributed by atoms with van der Waals surface area (Å²) < 4.78 is 30.6. The lowest BCUT2D eigenvalue weighted by molar-refractivity contribution is -0.134. The molecule has 0 aliphatic carbocycles. The molecule has 2 aromatic rings. The number of nitrogens with one attached hydrogen (secondary N) is 1. The largest absolute Gasteiger partial charge is 0.452 e. The molecule has 0 aromatic heterocycles. The van der Waals surface area contributed by atoms with Crippen LogP contribution in [0.4, 0.5) is 0 Å². The van der Waals surface area contributed by atoms with Crippen molar-refractivity contribution in [3.63, 3.8) is 0 Å². The number of carbonyl (C=O) groups is 2. The summed E-state index contributed by atoms with van der Waals surface area (Å²) in [7, 11) is -2.27. The van der Waals surface area contributed by atoms with E-state index in [1.54, 1.807) is 4.90 Å². The normalized spacial score (nSPS) is 11.0. The van der Waals surface area contributed by atoms with Gasteiger partial charge in [-0.1, -0.05) is 30.3 Å². The van der Waals surface area contributed by atoms with Gasteiger partial charge >= 0.3 is 5.97 Å².